The molecule has 0 saturated heterocycles. The summed E-state index contributed by atoms with van der Waals surface area (Å²) in [5, 5.41) is 7.82. The summed E-state index contributed by atoms with van der Waals surface area (Å²) in [7, 11) is -2.54. The van der Waals surface area contributed by atoms with E-state index in [9.17, 15) is 8.60 Å². The predicted molar refractivity (Wildman–Crippen MR) is 71.7 cm³/mol. The van der Waals surface area contributed by atoms with Crippen LogP contribution >= 0.6 is 11.6 Å². The lowest BCUT2D eigenvalue weighted by Crippen LogP contribution is -2.04. The molecule has 1 unspecified atom stereocenters. The summed E-state index contributed by atoms with van der Waals surface area (Å²) in [6.07, 6.45) is 3.44. The molecule has 0 amide bonds. The van der Waals surface area contributed by atoms with Gasteiger partial charge in [-0.05, 0) is 18.2 Å². The van der Waals surface area contributed by atoms with Gasteiger partial charge in [-0.3, -0.25) is 8.99 Å². The third-order valence-electron chi connectivity index (χ3n) is 2.46. The van der Waals surface area contributed by atoms with Crippen molar-refractivity contribution in [3.8, 4) is 5.69 Å². The number of rotatable bonds is 4. The van der Waals surface area contributed by atoms with Crippen molar-refractivity contribution in [3.05, 3.63) is 40.9 Å². The Kier molecular flexibility index (Phi) is 3.86. The molecule has 0 bridgehead atoms. The summed E-state index contributed by atoms with van der Waals surface area (Å²) in [5.41, 5.74) is 1.22. The van der Waals surface area contributed by atoms with E-state index in [1.165, 1.54) is 29.1 Å². The Morgan fingerprint density at radius 1 is 1.53 bits per heavy atom. The van der Waals surface area contributed by atoms with Crippen molar-refractivity contribution in [2.45, 2.75) is 6.42 Å². The minimum Gasteiger partial charge on any atom is -0.253 e. The van der Waals surface area contributed by atoms with Gasteiger partial charge in [-0.2, -0.15) is 0 Å². The van der Waals surface area contributed by atoms with Crippen molar-refractivity contribution in [2.75, 3.05) is 12.0 Å². The van der Waals surface area contributed by atoms with Crippen LogP contribution in [0.15, 0.2) is 24.4 Å². The molecule has 0 spiro atoms. The monoisotopic (exact) mass is 302 g/mol. The van der Waals surface area contributed by atoms with E-state index in [0.717, 1.165) is 0 Å². The number of hydrogen-bond donors (Lipinski definition) is 1. The SMILES string of the molecule is CS(=N)(=O)CCc1cn(-c2ccc(F)c(Cl)c2)nn1. The lowest BCUT2D eigenvalue weighted by molar-refractivity contribution is 0.627. The molecule has 8 heteroatoms. The van der Waals surface area contributed by atoms with Crippen molar-refractivity contribution in [2.24, 2.45) is 0 Å². The number of hydrogen-bond acceptors (Lipinski definition) is 4. The molecule has 1 heterocycles. The van der Waals surface area contributed by atoms with E-state index in [4.69, 9.17) is 16.4 Å². The molecule has 0 radical (unpaired) electrons. The van der Waals surface area contributed by atoms with Crippen molar-refractivity contribution in [1.29, 1.82) is 4.78 Å². The van der Waals surface area contributed by atoms with E-state index in [1.807, 2.05) is 0 Å². The predicted octanol–water partition coefficient (Wildman–Crippen LogP) is 2.28. The van der Waals surface area contributed by atoms with E-state index in [2.05, 4.69) is 10.3 Å². The Labute approximate surface area is 115 Å². The Hall–Kier alpha value is -1.47. The second kappa shape index (κ2) is 5.26. The Balaban J connectivity index is 2.18. The molecule has 5 nitrogen and oxygen atoms in total. The van der Waals surface area contributed by atoms with Crippen LogP contribution in [0, 0.1) is 10.6 Å². The largest absolute Gasteiger partial charge is 0.253 e. The van der Waals surface area contributed by atoms with Crippen molar-refractivity contribution < 1.29 is 8.60 Å². The van der Waals surface area contributed by atoms with Gasteiger partial charge in [0.25, 0.3) is 0 Å². The average Bonchev–Trinajstić information content (AvgIpc) is 2.78. The van der Waals surface area contributed by atoms with E-state index >= 15 is 0 Å². The molecule has 0 fully saturated rings. The first-order valence-corrected chi connectivity index (χ1v) is 7.94. The fourth-order valence-corrected chi connectivity index (χ4v) is 2.24. The van der Waals surface area contributed by atoms with Gasteiger partial charge in [0.2, 0.25) is 0 Å². The maximum atomic E-state index is 13.0. The standard InChI is InChI=1S/C11H12ClFN4OS/c1-19(14,18)5-4-8-7-17(16-15-8)9-2-3-11(13)10(12)6-9/h2-3,6-7,14H,4-5H2,1H3. The first kappa shape index (κ1) is 14.0. The number of nitrogens with zero attached hydrogens (tertiary/aromatic N) is 3. The molecule has 1 N–H and O–H groups in total. The molecule has 1 aromatic carbocycles. The smallest absolute Gasteiger partial charge is 0.141 e. The fourth-order valence-electron chi connectivity index (χ4n) is 1.47. The molecule has 2 aromatic rings. The summed E-state index contributed by atoms with van der Waals surface area (Å²) in [6.45, 7) is 0. The second-order valence-electron chi connectivity index (χ2n) is 4.21. The minimum absolute atomic E-state index is 0.0114. The van der Waals surface area contributed by atoms with Crippen LogP contribution in [0.4, 0.5) is 4.39 Å². The summed E-state index contributed by atoms with van der Waals surface area (Å²) in [4.78, 5) is 0. The number of halogens is 2. The first-order valence-electron chi connectivity index (χ1n) is 5.43. The fraction of sp³-hybridized carbons (Fsp3) is 0.273. The molecule has 2 rings (SSSR count). The Morgan fingerprint density at radius 3 is 2.89 bits per heavy atom. The van der Waals surface area contributed by atoms with Crippen LogP contribution in [0.25, 0.3) is 5.69 Å². The summed E-state index contributed by atoms with van der Waals surface area (Å²) in [5.74, 6) is -0.263. The van der Waals surface area contributed by atoms with Crippen LogP contribution in [0.1, 0.15) is 5.69 Å². The lowest BCUT2D eigenvalue weighted by atomic mass is 10.3. The number of benzene rings is 1. The zero-order chi connectivity index (χ0) is 14.0. The summed E-state index contributed by atoms with van der Waals surface area (Å²) < 4.78 is 33.1. The highest BCUT2D eigenvalue weighted by molar-refractivity contribution is 7.91. The van der Waals surface area contributed by atoms with Gasteiger partial charge in [0.15, 0.2) is 0 Å². The highest BCUT2D eigenvalue weighted by Gasteiger charge is 2.07. The van der Waals surface area contributed by atoms with Gasteiger partial charge >= 0.3 is 0 Å². The van der Waals surface area contributed by atoms with Crippen molar-refractivity contribution >= 4 is 21.3 Å². The van der Waals surface area contributed by atoms with Gasteiger partial charge in [0, 0.05) is 28.2 Å². The van der Waals surface area contributed by atoms with E-state index in [1.54, 1.807) is 6.20 Å². The molecular weight excluding hydrogens is 291 g/mol. The first-order chi connectivity index (χ1) is 8.85. The Bertz CT molecular complexity index is 698. The number of aromatic nitrogens is 3. The summed E-state index contributed by atoms with van der Waals surface area (Å²) >= 11 is 5.69. The van der Waals surface area contributed by atoms with E-state index in [-0.39, 0.29) is 10.8 Å². The average molecular weight is 303 g/mol. The van der Waals surface area contributed by atoms with Crippen molar-refractivity contribution in [3.63, 3.8) is 0 Å². The third-order valence-corrected chi connectivity index (χ3v) is 3.73. The van der Waals surface area contributed by atoms with E-state index in [0.29, 0.717) is 17.8 Å². The molecule has 102 valence electrons. The number of aryl methyl sites for hydroxylation is 1. The lowest BCUT2D eigenvalue weighted by Gasteiger charge is -2.01. The van der Waals surface area contributed by atoms with Crippen LogP contribution in [0.5, 0.6) is 0 Å². The van der Waals surface area contributed by atoms with Crippen LogP contribution in [-0.4, -0.2) is 31.2 Å². The molecular formula is C11H12ClFN4OS. The van der Waals surface area contributed by atoms with Gasteiger partial charge in [-0.1, -0.05) is 16.8 Å². The zero-order valence-corrected chi connectivity index (χ0v) is 11.7. The molecule has 0 aliphatic heterocycles. The second-order valence-corrected chi connectivity index (χ2v) is 7.04. The maximum Gasteiger partial charge on any atom is 0.141 e. The Morgan fingerprint density at radius 2 is 2.26 bits per heavy atom. The van der Waals surface area contributed by atoms with Gasteiger partial charge in [-0.15, -0.1) is 5.10 Å². The highest BCUT2D eigenvalue weighted by Crippen LogP contribution is 2.18. The van der Waals surface area contributed by atoms with Crippen molar-refractivity contribution in [1.82, 2.24) is 15.0 Å². The highest BCUT2D eigenvalue weighted by atomic mass is 35.5. The van der Waals surface area contributed by atoms with Crippen LogP contribution in [0.3, 0.4) is 0 Å². The molecule has 19 heavy (non-hydrogen) atoms. The van der Waals surface area contributed by atoms with Gasteiger partial charge in [0.05, 0.1) is 22.6 Å². The van der Waals surface area contributed by atoms with Gasteiger partial charge in [-0.25, -0.2) is 9.07 Å². The number of nitrogens with one attached hydrogen (secondary N) is 1. The normalized spacial score (nSPS) is 14.3. The molecule has 1 aromatic heterocycles. The quantitative estimate of drug-likeness (QED) is 0.942. The van der Waals surface area contributed by atoms with E-state index < -0.39 is 15.5 Å². The maximum absolute atomic E-state index is 13.0. The topological polar surface area (TPSA) is 71.6 Å². The third kappa shape index (κ3) is 3.74. The molecule has 0 saturated carbocycles. The molecule has 0 aliphatic rings. The minimum atomic E-state index is -2.54. The van der Waals surface area contributed by atoms with Gasteiger partial charge in [0.1, 0.15) is 5.82 Å². The van der Waals surface area contributed by atoms with Gasteiger partial charge < -0.3 is 0 Å². The molecule has 0 aliphatic carbocycles. The van der Waals surface area contributed by atoms with Crippen LogP contribution in [0.2, 0.25) is 5.02 Å². The van der Waals surface area contributed by atoms with Crippen LogP contribution < -0.4 is 0 Å². The molecule has 1 atom stereocenters. The van der Waals surface area contributed by atoms with Crippen LogP contribution in [-0.2, 0) is 16.1 Å². The zero-order valence-electron chi connectivity index (χ0n) is 10.1. The summed E-state index contributed by atoms with van der Waals surface area (Å²) in [6, 6.07) is 4.23.